The Bertz CT molecular complexity index is 679. The van der Waals surface area contributed by atoms with Crippen LogP contribution in [0.1, 0.15) is 18.4 Å². The molecule has 0 aliphatic rings. The molecule has 0 fully saturated rings. The van der Waals surface area contributed by atoms with E-state index in [1.807, 2.05) is 43.3 Å². The number of aryl methyl sites for hydroxylation is 1. The number of fused-ring (bicyclic) bond motifs is 1. The molecule has 2 aromatic carbocycles. The fraction of sp³-hybridized carbons (Fsp3) is 0.294. The molecule has 0 radical (unpaired) electrons. The summed E-state index contributed by atoms with van der Waals surface area (Å²) in [7, 11) is 0. The summed E-state index contributed by atoms with van der Waals surface area (Å²) in [5.74, 6) is -3.30. The van der Waals surface area contributed by atoms with Crippen LogP contribution in [-0.4, -0.2) is 28.8 Å². The number of aliphatic carboxylic acids is 2. The summed E-state index contributed by atoms with van der Waals surface area (Å²) in [6, 6.07) is 11.8. The molecule has 2 rings (SSSR count). The Morgan fingerprint density at radius 2 is 1.86 bits per heavy atom. The van der Waals surface area contributed by atoms with E-state index in [0.717, 1.165) is 10.8 Å². The molecular weight excluding hydrogens is 284 g/mol. The van der Waals surface area contributed by atoms with Gasteiger partial charge >= 0.3 is 11.9 Å². The maximum absolute atomic E-state index is 10.8. The van der Waals surface area contributed by atoms with E-state index in [-0.39, 0.29) is 13.0 Å². The number of hydrogen-bond acceptors (Lipinski definition) is 3. The Hall–Kier alpha value is -2.56. The average Bonchev–Trinajstić information content (AvgIpc) is 2.46. The molecule has 2 N–H and O–H groups in total. The van der Waals surface area contributed by atoms with E-state index in [0.29, 0.717) is 12.2 Å². The smallest absolute Gasteiger partial charge is 0.317 e. The molecule has 0 saturated carbocycles. The predicted molar refractivity (Wildman–Crippen MR) is 82.2 cm³/mol. The molecule has 0 aromatic heterocycles. The molecule has 0 bridgehead atoms. The summed E-state index contributed by atoms with van der Waals surface area (Å²) in [5.41, 5.74) is 1.19. The molecule has 116 valence electrons. The Morgan fingerprint density at radius 3 is 2.55 bits per heavy atom. The van der Waals surface area contributed by atoms with Gasteiger partial charge in [-0.1, -0.05) is 24.3 Å². The van der Waals surface area contributed by atoms with E-state index in [1.54, 1.807) is 0 Å². The zero-order valence-corrected chi connectivity index (χ0v) is 12.3. The van der Waals surface area contributed by atoms with Crippen molar-refractivity contribution in [2.75, 3.05) is 6.61 Å². The van der Waals surface area contributed by atoms with Crippen LogP contribution in [0.4, 0.5) is 0 Å². The van der Waals surface area contributed by atoms with Crippen molar-refractivity contribution in [3.05, 3.63) is 42.0 Å². The normalized spacial score (nSPS) is 10.8. The van der Waals surface area contributed by atoms with Crippen molar-refractivity contribution >= 4 is 22.7 Å². The number of hydrogen-bond donors (Lipinski definition) is 2. The number of rotatable bonds is 7. The zero-order chi connectivity index (χ0) is 16.1. The Labute approximate surface area is 128 Å². The molecule has 0 saturated heterocycles. The lowest BCUT2D eigenvalue weighted by molar-refractivity contribution is -0.154. The molecule has 0 aliphatic carbocycles. The van der Waals surface area contributed by atoms with Gasteiger partial charge in [-0.3, -0.25) is 9.59 Å². The second-order valence-corrected chi connectivity index (χ2v) is 5.18. The van der Waals surface area contributed by atoms with E-state index >= 15 is 0 Å². The Balaban J connectivity index is 1.92. The van der Waals surface area contributed by atoms with Gasteiger partial charge in [0.25, 0.3) is 0 Å². The summed E-state index contributed by atoms with van der Waals surface area (Å²) in [5, 5.41) is 19.8. The van der Waals surface area contributed by atoms with Crippen molar-refractivity contribution < 1.29 is 24.5 Å². The van der Waals surface area contributed by atoms with Gasteiger partial charge in [-0.25, -0.2) is 0 Å². The third-order valence-corrected chi connectivity index (χ3v) is 3.57. The molecule has 0 atom stereocenters. The van der Waals surface area contributed by atoms with Gasteiger partial charge in [0.1, 0.15) is 5.75 Å². The van der Waals surface area contributed by atoms with Crippen LogP contribution in [0.3, 0.4) is 0 Å². The van der Waals surface area contributed by atoms with E-state index in [9.17, 15) is 9.59 Å². The second-order valence-electron chi connectivity index (χ2n) is 5.18. The Morgan fingerprint density at radius 1 is 1.14 bits per heavy atom. The minimum atomic E-state index is -1.37. The number of carboxylic acids is 2. The van der Waals surface area contributed by atoms with Crippen molar-refractivity contribution in [1.29, 1.82) is 0 Å². The van der Waals surface area contributed by atoms with E-state index in [1.165, 1.54) is 5.56 Å². The van der Waals surface area contributed by atoms with Gasteiger partial charge in [-0.15, -0.1) is 0 Å². The van der Waals surface area contributed by atoms with Crippen molar-refractivity contribution in [2.24, 2.45) is 5.92 Å². The lowest BCUT2D eigenvalue weighted by Gasteiger charge is -2.10. The largest absolute Gasteiger partial charge is 0.494 e. The van der Waals surface area contributed by atoms with E-state index in [4.69, 9.17) is 14.9 Å². The molecule has 0 aliphatic heterocycles. The molecule has 0 heterocycles. The van der Waals surface area contributed by atoms with Gasteiger partial charge in [0.05, 0.1) is 6.61 Å². The first-order chi connectivity index (χ1) is 10.5. The van der Waals surface area contributed by atoms with Gasteiger partial charge in [-0.05, 0) is 48.2 Å². The van der Waals surface area contributed by atoms with Gasteiger partial charge in [0.2, 0.25) is 0 Å². The third-order valence-electron chi connectivity index (χ3n) is 3.57. The van der Waals surface area contributed by atoms with Gasteiger partial charge in [0.15, 0.2) is 5.92 Å². The van der Waals surface area contributed by atoms with Crippen molar-refractivity contribution in [3.8, 4) is 5.75 Å². The van der Waals surface area contributed by atoms with Crippen LogP contribution in [0.15, 0.2) is 36.4 Å². The molecule has 0 amide bonds. The number of ether oxygens (including phenoxy) is 1. The molecule has 22 heavy (non-hydrogen) atoms. The maximum Gasteiger partial charge on any atom is 0.317 e. The van der Waals surface area contributed by atoms with Gasteiger partial charge < -0.3 is 14.9 Å². The van der Waals surface area contributed by atoms with Crippen LogP contribution in [0.25, 0.3) is 10.8 Å². The second kappa shape index (κ2) is 6.93. The lowest BCUT2D eigenvalue weighted by atomic mass is 10.0. The fourth-order valence-corrected chi connectivity index (χ4v) is 2.34. The number of carboxylic acid groups (broad SMARTS) is 2. The minimum absolute atomic E-state index is 0.0529. The number of carbonyl (C=O) groups is 2. The van der Waals surface area contributed by atoms with Gasteiger partial charge in [0, 0.05) is 0 Å². The van der Waals surface area contributed by atoms with E-state index in [2.05, 4.69) is 0 Å². The molecule has 0 spiro atoms. The first kappa shape index (κ1) is 15.8. The van der Waals surface area contributed by atoms with Crippen LogP contribution in [0.2, 0.25) is 0 Å². The number of benzene rings is 2. The van der Waals surface area contributed by atoms with Crippen LogP contribution < -0.4 is 4.74 Å². The summed E-state index contributed by atoms with van der Waals surface area (Å²) in [4.78, 5) is 21.5. The van der Waals surface area contributed by atoms with Crippen molar-refractivity contribution in [1.82, 2.24) is 0 Å². The summed E-state index contributed by atoms with van der Waals surface area (Å²) < 4.78 is 5.58. The summed E-state index contributed by atoms with van der Waals surface area (Å²) >= 11 is 0. The zero-order valence-electron chi connectivity index (χ0n) is 12.3. The first-order valence-corrected chi connectivity index (χ1v) is 7.07. The van der Waals surface area contributed by atoms with Crippen LogP contribution in [-0.2, 0) is 9.59 Å². The van der Waals surface area contributed by atoms with E-state index < -0.39 is 17.9 Å². The highest BCUT2D eigenvalue weighted by atomic mass is 16.5. The quantitative estimate of drug-likeness (QED) is 0.606. The lowest BCUT2D eigenvalue weighted by Crippen LogP contribution is -2.23. The molecular formula is C17H18O5. The molecule has 0 unspecified atom stereocenters. The van der Waals surface area contributed by atoms with Crippen LogP contribution in [0.5, 0.6) is 5.75 Å². The maximum atomic E-state index is 10.8. The standard InChI is InChI=1S/C17H18O5/c1-11-4-2-5-12-10-13(7-8-14(11)12)22-9-3-6-15(16(18)19)17(20)21/h2,4-5,7-8,10,15H,3,6,9H2,1H3,(H,18,19)(H,20,21). The molecule has 2 aromatic rings. The first-order valence-electron chi connectivity index (χ1n) is 7.07. The average molecular weight is 302 g/mol. The summed E-state index contributed by atoms with van der Waals surface area (Å²) in [6.45, 7) is 2.33. The Kier molecular flexibility index (Phi) is 4.99. The highest BCUT2D eigenvalue weighted by Gasteiger charge is 2.24. The SMILES string of the molecule is Cc1cccc2cc(OCCCC(C(=O)O)C(=O)O)ccc12. The van der Waals surface area contributed by atoms with Crippen molar-refractivity contribution in [3.63, 3.8) is 0 Å². The molecule has 5 nitrogen and oxygen atoms in total. The highest BCUT2D eigenvalue weighted by molar-refractivity contribution is 5.92. The topological polar surface area (TPSA) is 83.8 Å². The minimum Gasteiger partial charge on any atom is -0.494 e. The van der Waals surface area contributed by atoms with Crippen LogP contribution >= 0.6 is 0 Å². The van der Waals surface area contributed by atoms with Crippen LogP contribution in [0, 0.1) is 12.8 Å². The highest BCUT2D eigenvalue weighted by Crippen LogP contribution is 2.23. The van der Waals surface area contributed by atoms with Crippen molar-refractivity contribution in [2.45, 2.75) is 19.8 Å². The molecule has 5 heteroatoms. The van der Waals surface area contributed by atoms with Gasteiger partial charge in [-0.2, -0.15) is 0 Å². The predicted octanol–water partition coefficient (Wildman–Crippen LogP) is 3.09. The summed E-state index contributed by atoms with van der Waals surface area (Å²) in [6.07, 6.45) is 0.423. The monoisotopic (exact) mass is 302 g/mol. The third kappa shape index (κ3) is 3.75. The fourth-order valence-electron chi connectivity index (χ4n) is 2.34.